The van der Waals surface area contributed by atoms with Crippen LogP contribution in [-0.2, 0) is 10.0 Å². The summed E-state index contributed by atoms with van der Waals surface area (Å²) in [5.74, 6) is 0. The van der Waals surface area contributed by atoms with Crippen LogP contribution >= 0.6 is 0 Å². The van der Waals surface area contributed by atoms with E-state index in [1.54, 1.807) is 6.92 Å². The number of para-hydroxylation sites is 1. The summed E-state index contributed by atoms with van der Waals surface area (Å²) in [6, 6.07) is 15.0. The fraction of sp³-hybridized carbons (Fsp3) is 0.464. The van der Waals surface area contributed by atoms with Gasteiger partial charge in [0, 0.05) is 0 Å². The first kappa shape index (κ1) is 29.2. The molecule has 1 N–H and O–H groups in total. The van der Waals surface area contributed by atoms with E-state index in [1.807, 2.05) is 30.3 Å². The molecule has 0 aliphatic heterocycles. The van der Waals surface area contributed by atoms with Gasteiger partial charge in [0.15, 0.2) is 5.69 Å². The Balaban J connectivity index is 1.47. The van der Waals surface area contributed by atoms with Gasteiger partial charge in [-0.15, -0.1) is 5.11 Å². The van der Waals surface area contributed by atoms with Crippen molar-refractivity contribution in [3.05, 3.63) is 70.6 Å². The van der Waals surface area contributed by atoms with Crippen LogP contribution in [0.5, 0.6) is 0 Å². The Morgan fingerprint density at radius 3 is 2.03 bits per heavy atom. The van der Waals surface area contributed by atoms with E-state index in [0.717, 1.165) is 19.3 Å². The standard InChI is InChI=1S/C28H38N6O3S/c1-3-4-5-6-7-8-9-10-11-15-22-29-33-38(36,37)26-20-18-24(19-21-26)30-31-27-23(2)32-34(28(27)35)25-16-13-12-14-17-25/h12-14,16-21,32H,3-11,15,22H2,1-2H3. The Kier molecular flexibility index (Phi) is 11.6. The number of hydrogen-bond donors (Lipinski definition) is 1. The van der Waals surface area contributed by atoms with Gasteiger partial charge in [0.1, 0.15) is 0 Å². The third-order valence-corrected chi connectivity index (χ3v) is 7.43. The molecule has 0 aliphatic carbocycles. The van der Waals surface area contributed by atoms with Gasteiger partial charge in [0.2, 0.25) is 0 Å². The van der Waals surface area contributed by atoms with E-state index < -0.39 is 10.0 Å². The minimum atomic E-state index is -3.87. The Morgan fingerprint density at radius 2 is 1.39 bits per heavy atom. The predicted molar refractivity (Wildman–Crippen MR) is 150 cm³/mol. The molecule has 38 heavy (non-hydrogen) atoms. The third-order valence-electron chi connectivity index (χ3n) is 6.23. The van der Waals surface area contributed by atoms with Gasteiger partial charge in [-0.2, -0.15) is 18.6 Å². The van der Waals surface area contributed by atoms with Crippen LogP contribution in [0.4, 0.5) is 11.4 Å². The molecule has 0 radical (unpaired) electrons. The summed E-state index contributed by atoms with van der Waals surface area (Å²) in [7, 11) is -3.87. The van der Waals surface area contributed by atoms with E-state index >= 15 is 0 Å². The maximum Gasteiger partial charge on any atom is 0.299 e. The van der Waals surface area contributed by atoms with Crippen LogP contribution in [0.25, 0.3) is 5.69 Å². The molecule has 3 rings (SSSR count). The lowest BCUT2D eigenvalue weighted by Gasteiger charge is -2.01. The summed E-state index contributed by atoms with van der Waals surface area (Å²) in [6.07, 6.45) is 12.1. The molecule has 1 aromatic heterocycles. The van der Waals surface area contributed by atoms with E-state index in [4.69, 9.17) is 0 Å². The first-order valence-corrected chi connectivity index (χ1v) is 14.9. The number of nitrogens with one attached hydrogen (secondary N) is 1. The van der Waals surface area contributed by atoms with E-state index in [2.05, 4.69) is 31.9 Å². The van der Waals surface area contributed by atoms with Crippen LogP contribution in [0.1, 0.15) is 76.8 Å². The summed E-state index contributed by atoms with van der Waals surface area (Å²) in [6.45, 7) is 4.37. The second kappa shape index (κ2) is 15.1. The van der Waals surface area contributed by atoms with Crippen molar-refractivity contribution in [2.75, 3.05) is 6.54 Å². The fourth-order valence-corrected chi connectivity index (χ4v) is 4.85. The fourth-order valence-electron chi connectivity index (χ4n) is 4.04. The molecule has 0 saturated heterocycles. The molecule has 3 aromatic rings. The highest BCUT2D eigenvalue weighted by Gasteiger charge is 2.14. The van der Waals surface area contributed by atoms with Crippen LogP contribution in [0.3, 0.4) is 0 Å². The zero-order valence-corrected chi connectivity index (χ0v) is 23.2. The van der Waals surface area contributed by atoms with Crippen molar-refractivity contribution in [3.8, 4) is 5.69 Å². The lowest BCUT2D eigenvalue weighted by atomic mass is 10.1. The molecule has 10 heteroatoms. The zero-order chi connectivity index (χ0) is 27.2. The maximum atomic E-state index is 12.7. The number of nitrogens with zero attached hydrogens (tertiary/aromatic N) is 5. The quantitative estimate of drug-likeness (QED) is 0.147. The van der Waals surface area contributed by atoms with Crippen LogP contribution in [0.15, 0.2) is 84.1 Å². The molecule has 0 bridgehead atoms. The van der Waals surface area contributed by atoms with E-state index in [9.17, 15) is 13.2 Å². The number of hydrogen-bond acceptors (Lipinski definition) is 6. The molecular formula is C28H38N6O3S. The van der Waals surface area contributed by atoms with Crippen molar-refractivity contribution >= 4 is 21.4 Å². The molecule has 9 nitrogen and oxygen atoms in total. The second-order valence-corrected chi connectivity index (χ2v) is 10.9. The summed E-state index contributed by atoms with van der Waals surface area (Å²) >= 11 is 0. The molecule has 0 fully saturated rings. The van der Waals surface area contributed by atoms with Crippen LogP contribution in [0, 0.1) is 6.92 Å². The van der Waals surface area contributed by atoms with E-state index in [-0.39, 0.29) is 16.1 Å². The highest BCUT2D eigenvalue weighted by molar-refractivity contribution is 7.90. The lowest BCUT2D eigenvalue weighted by molar-refractivity contribution is 0.556. The van der Waals surface area contributed by atoms with Crippen molar-refractivity contribution < 1.29 is 8.42 Å². The molecule has 0 spiro atoms. The van der Waals surface area contributed by atoms with Crippen molar-refractivity contribution in [3.63, 3.8) is 0 Å². The highest BCUT2D eigenvalue weighted by Crippen LogP contribution is 2.22. The van der Waals surface area contributed by atoms with Gasteiger partial charge < -0.3 is 0 Å². The number of aryl methyl sites for hydroxylation is 1. The summed E-state index contributed by atoms with van der Waals surface area (Å²) in [5.41, 5.74) is 1.55. The maximum absolute atomic E-state index is 12.7. The zero-order valence-electron chi connectivity index (χ0n) is 22.3. The van der Waals surface area contributed by atoms with Crippen molar-refractivity contribution in [2.24, 2.45) is 19.9 Å². The van der Waals surface area contributed by atoms with E-state index in [1.165, 1.54) is 73.9 Å². The number of sulfonamides is 1. The topological polar surface area (TPSA) is 121 Å². The minimum Gasteiger partial charge on any atom is -0.293 e. The molecule has 204 valence electrons. The van der Waals surface area contributed by atoms with Crippen LogP contribution in [0.2, 0.25) is 0 Å². The molecule has 2 aromatic carbocycles. The molecule has 0 aliphatic rings. The number of H-pyrrole nitrogens is 1. The number of benzene rings is 2. The highest BCUT2D eigenvalue weighted by atomic mass is 32.2. The Labute approximate surface area is 225 Å². The van der Waals surface area contributed by atoms with Gasteiger partial charge >= 0.3 is 0 Å². The third kappa shape index (κ3) is 8.86. The minimum absolute atomic E-state index is 0.0348. The average Bonchev–Trinajstić information content (AvgIpc) is 3.21. The van der Waals surface area contributed by atoms with E-state index in [0.29, 0.717) is 23.6 Å². The smallest absolute Gasteiger partial charge is 0.293 e. The first-order chi connectivity index (χ1) is 18.4. The molecule has 0 atom stereocenters. The van der Waals surface area contributed by atoms with Gasteiger partial charge in [-0.05, 0) is 49.7 Å². The van der Waals surface area contributed by atoms with Crippen LogP contribution in [-0.4, -0.2) is 24.7 Å². The lowest BCUT2D eigenvalue weighted by Crippen LogP contribution is -2.13. The van der Waals surface area contributed by atoms with Gasteiger partial charge in [0.25, 0.3) is 15.6 Å². The average molecular weight is 539 g/mol. The number of unbranched alkanes of at least 4 members (excludes halogenated alkanes) is 9. The second-order valence-electron chi connectivity index (χ2n) is 9.36. The molecule has 0 amide bonds. The molecule has 0 saturated carbocycles. The van der Waals surface area contributed by atoms with Gasteiger partial charge in [-0.25, -0.2) is 4.68 Å². The Hall–Kier alpha value is -3.40. The normalized spacial score (nSPS) is 12.2. The first-order valence-electron chi connectivity index (χ1n) is 13.4. The van der Waals surface area contributed by atoms with Crippen molar-refractivity contribution in [2.45, 2.75) is 83.0 Å². The Bertz CT molecular complexity index is 1340. The number of aromatic amines is 1. The molecule has 0 unspecified atom stereocenters. The summed E-state index contributed by atoms with van der Waals surface area (Å²) in [5, 5.41) is 15.1. The monoisotopic (exact) mass is 538 g/mol. The number of azo groups is 1. The van der Waals surface area contributed by atoms with Crippen LogP contribution < -0.4 is 5.56 Å². The molecular weight excluding hydrogens is 500 g/mol. The van der Waals surface area contributed by atoms with Crippen molar-refractivity contribution in [1.82, 2.24) is 9.78 Å². The number of rotatable bonds is 16. The van der Waals surface area contributed by atoms with Crippen molar-refractivity contribution in [1.29, 1.82) is 0 Å². The number of aromatic nitrogens is 2. The van der Waals surface area contributed by atoms with Gasteiger partial charge in [-0.1, -0.05) is 87.4 Å². The van der Waals surface area contributed by atoms with Gasteiger partial charge in [0.05, 0.1) is 28.5 Å². The predicted octanol–water partition coefficient (Wildman–Crippen LogP) is 7.95. The molecule has 1 heterocycles. The van der Waals surface area contributed by atoms with Gasteiger partial charge in [-0.3, -0.25) is 9.89 Å². The largest absolute Gasteiger partial charge is 0.299 e. The summed E-state index contributed by atoms with van der Waals surface area (Å²) < 4.78 is 29.9. The summed E-state index contributed by atoms with van der Waals surface area (Å²) in [4.78, 5) is 12.8. The Morgan fingerprint density at radius 1 is 0.789 bits per heavy atom. The SMILES string of the molecule is CCCCCCCCCCCCN=NS(=O)(=O)c1ccc(N=Nc2c(C)[nH]n(-c3ccccc3)c2=O)cc1.